The zero-order chi connectivity index (χ0) is 19.4. The molecule has 1 N–H and O–H groups in total. The average Bonchev–Trinajstić information content (AvgIpc) is 2.50. The molecule has 0 heterocycles. The lowest BCUT2D eigenvalue weighted by Crippen LogP contribution is -2.49. The Morgan fingerprint density at radius 3 is 2.36 bits per heavy atom. The predicted molar refractivity (Wildman–Crippen MR) is 91.6 cm³/mol. The number of nitrogens with one attached hydrogen (secondary N) is 1. The van der Waals surface area contributed by atoms with E-state index >= 15 is 0 Å². The molecule has 0 fully saturated rings. The Hall–Kier alpha value is -2.91. The van der Waals surface area contributed by atoms with Crippen LogP contribution in [0.3, 0.4) is 0 Å². The largest absolute Gasteiger partial charge is 0.444 e. The number of benzene rings is 1. The molecule has 0 saturated heterocycles. The number of hydrogen-bond acceptors (Lipinski definition) is 6. The van der Waals surface area contributed by atoms with Crippen molar-refractivity contribution in [1.29, 1.82) is 0 Å². The number of para-hydroxylation sites is 1. The van der Waals surface area contributed by atoms with E-state index in [1.54, 1.807) is 20.8 Å². The first kappa shape index (κ1) is 20.1. The number of rotatable bonds is 4. The van der Waals surface area contributed by atoms with Gasteiger partial charge in [-0.2, -0.15) is 0 Å². The maximum atomic E-state index is 12.4. The highest BCUT2D eigenvalue weighted by Crippen LogP contribution is 2.19. The van der Waals surface area contributed by atoms with Crippen LogP contribution >= 0.6 is 0 Å². The van der Waals surface area contributed by atoms with Crippen LogP contribution < -0.4 is 5.32 Å². The van der Waals surface area contributed by atoms with Crippen LogP contribution in [0.5, 0.6) is 0 Å². The highest BCUT2D eigenvalue weighted by atomic mass is 16.6. The van der Waals surface area contributed by atoms with Gasteiger partial charge in [-0.1, -0.05) is 12.1 Å². The van der Waals surface area contributed by atoms with Crippen molar-refractivity contribution in [2.24, 2.45) is 0 Å². The molecule has 0 aliphatic carbocycles. The van der Waals surface area contributed by atoms with Gasteiger partial charge in [0.05, 0.1) is 4.92 Å². The molecule has 0 aliphatic heterocycles. The number of nitro groups is 1. The van der Waals surface area contributed by atoms with Crippen molar-refractivity contribution in [3.05, 3.63) is 39.9 Å². The average molecular weight is 349 g/mol. The number of nitrogens with zero attached hydrogens (tertiary/aromatic N) is 2. The minimum atomic E-state index is -1.05. The summed E-state index contributed by atoms with van der Waals surface area (Å²) in [5.41, 5.74) is -1.35. The zero-order valence-corrected chi connectivity index (χ0v) is 14.7. The fraction of sp³-hybridized carbons (Fsp3) is 0.400. The molecule has 1 atom stereocenters. The van der Waals surface area contributed by atoms with Gasteiger partial charge in [0, 0.05) is 6.07 Å². The molecule has 1 aromatic rings. The Bertz CT molecular complexity index is 701. The molecule has 1 rings (SSSR count). The second kappa shape index (κ2) is 7.78. The van der Waals surface area contributed by atoms with Gasteiger partial charge in [-0.3, -0.25) is 19.7 Å². The van der Waals surface area contributed by atoms with Gasteiger partial charge in [0.15, 0.2) is 0 Å². The standard InChI is InChI=1S/C15H20BN3O6/c1-9(17-14(22)25-15(2,3)4)12(20)18(16)13(21)10-7-5-6-8-11(10)19(23)24/h5-9H,16H2,1-4H3,(H,17,22)/t9-/m0/s1. The summed E-state index contributed by atoms with van der Waals surface area (Å²) < 4.78 is 5.04. The van der Waals surface area contributed by atoms with Crippen LogP contribution in [0.2, 0.25) is 0 Å². The second-order valence-corrected chi connectivity index (χ2v) is 6.34. The van der Waals surface area contributed by atoms with Gasteiger partial charge in [-0.25, -0.2) is 4.79 Å². The van der Waals surface area contributed by atoms with E-state index < -0.39 is 40.2 Å². The molecule has 1 aromatic carbocycles. The van der Waals surface area contributed by atoms with Crippen molar-refractivity contribution < 1.29 is 24.0 Å². The highest BCUT2D eigenvalue weighted by molar-refractivity contribution is 6.29. The van der Waals surface area contributed by atoms with Crippen LogP contribution in [0.1, 0.15) is 38.1 Å². The van der Waals surface area contributed by atoms with Crippen LogP contribution in [-0.2, 0) is 9.53 Å². The summed E-state index contributed by atoms with van der Waals surface area (Å²) in [6.45, 7) is 6.39. The summed E-state index contributed by atoms with van der Waals surface area (Å²) >= 11 is 0. The van der Waals surface area contributed by atoms with Gasteiger partial charge < -0.3 is 14.9 Å². The summed E-state index contributed by atoms with van der Waals surface area (Å²) in [6.07, 6.45) is -0.806. The smallest absolute Gasteiger partial charge is 0.408 e. The highest BCUT2D eigenvalue weighted by Gasteiger charge is 2.29. The molecule has 3 amide bonds. The molecule has 0 unspecified atom stereocenters. The van der Waals surface area contributed by atoms with E-state index in [-0.39, 0.29) is 5.56 Å². The van der Waals surface area contributed by atoms with Crippen molar-refractivity contribution in [1.82, 2.24) is 10.1 Å². The Morgan fingerprint density at radius 1 is 1.28 bits per heavy atom. The lowest BCUT2D eigenvalue weighted by Gasteiger charge is -2.24. The van der Waals surface area contributed by atoms with Crippen LogP contribution in [0.4, 0.5) is 10.5 Å². The Balaban J connectivity index is 2.87. The number of amides is 3. The Labute approximate surface area is 145 Å². The van der Waals surface area contributed by atoms with Gasteiger partial charge in [-0.15, -0.1) is 0 Å². The third kappa shape index (κ3) is 5.59. The summed E-state index contributed by atoms with van der Waals surface area (Å²) in [4.78, 5) is 47.4. The number of alkyl carbamates (subject to hydrolysis) is 1. The van der Waals surface area contributed by atoms with Crippen LogP contribution in [0, 0.1) is 10.1 Å². The van der Waals surface area contributed by atoms with E-state index in [2.05, 4.69) is 5.32 Å². The number of hydrogen-bond donors (Lipinski definition) is 1. The van der Waals surface area contributed by atoms with Crippen molar-refractivity contribution in [2.75, 3.05) is 0 Å². The third-order valence-corrected chi connectivity index (χ3v) is 3.07. The summed E-state index contributed by atoms with van der Waals surface area (Å²) in [6, 6.07) is 4.26. The molecule has 134 valence electrons. The molecule has 10 heteroatoms. The van der Waals surface area contributed by atoms with Crippen LogP contribution in [0.25, 0.3) is 0 Å². The van der Waals surface area contributed by atoms with Gasteiger partial charge in [0.2, 0.25) is 13.9 Å². The number of imide groups is 1. The molecule has 0 aromatic heterocycles. The first-order chi connectivity index (χ1) is 11.4. The monoisotopic (exact) mass is 349 g/mol. The molecule has 9 nitrogen and oxygen atoms in total. The quantitative estimate of drug-likeness (QED) is 0.493. The summed E-state index contributed by atoms with van der Waals surface area (Å²) in [7, 11) is 1.19. The molecular weight excluding hydrogens is 329 g/mol. The first-order valence-corrected chi connectivity index (χ1v) is 7.49. The normalized spacial score (nSPS) is 12.0. The summed E-state index contributed by atoms with van der Waals surface area (Å²) in [5, 5.41) is 13.3. The molecule has 0 saturated carbocycles. The topological polar surface area (TPSA) is 119 Å². The number of carbonyl (C=O) groups excluding carboxylic acids is 3. The van der Waals surface area contributed by atoms with Crippen molar-refractivity contribution >= 4 is 31.6 Å². The molecule has 0 aliphatic rings. The van der Waals surface area contributed by atoms with Gasteiger partial charge in [0.1, 0.15) is 17.2 Å². The number of ether oxygens (including phenoxy) is 1. The molecule has 0 radical (unpaired) electrons. The Morgan fingerprint density at radius 2 is 1.84 bits per heavy atom. The maximum absolute atomic E-state index is 12.4. The van der Waals surface area contributed by atoms with E-state index in [9.17, 15) is 24.5 Å². The van der Waals surface area contributed by atoms with E-state index in [0.29, 0.717) is 0 Å². The fourth-order valence-corrected chi connectivity index (χ4v) is 1.93. The van der Waals surface area contributed by atoms with Gasteiger partial charge in [0.25, 0.3) is 11.6 Å². The molecule has 25 heavy (non-hydrogen) atoms. The van der Waals surface area contributed by atoms with Gasteiger partial charge in [-0.05, 0) is 33.8 Å². The van der Waals surface area contributed by atoms with E-state index in [1.165, 1.54) is 39.2 Å². The molecule has 0 bridgehead atoms. The minimum absolute atomic E-state index is 0.215. The van der Waals surface area contributed by atoms with Gasteiger partial charge >= 0.3 is 6.09 Å². The van der Waals surface area contributed by atoms with E-state index in [1.807, 2.05) is 0 Å². The van der Waals surface area contributed by atoms with Crippen molar-refractivity contribution in [3.63, 3.8) is 0 Å². The van der Waals surface area contributed by atoms with Crippen molar-refractivity contribution in [2.45, 2.75) is 39.3 Å². The molecule has 0 spiro atoms. The first-order valence-electron chi connectivity index (χ1n) is 7.49. The lowest BCUT2D eigenvalue weighted by atomic mass is 10.1. The SMILES string of the molecule is BN(C(=O)c1ccccc1[N+](=O)[O-])C(=O)[C@H](C)NC(=O)OC(C)(C)C. The van der Waals surface area contributed by atoms with E-state index in [4.69, 9.17) is 4.74 Å². The fourth-order valence-electron chi connectivity index (χ4n) is 1.93. The third-order valence-electron chi connectivity index (χ3n) is 3.07. The lowest BCUT2D eigenvalue weighted by molar-refractivity contribution is -0.385. The number of nitro benzene ring substituents is 1. The summed E-state index contributed by atoms with van der Waals surface area (Å²) in [5.74, 6) is -1.57. The molecular formula is C15H20BN3O6. The van der Waals surface area contributed by atoms with Crippen molar-refractivity contribution in [3.8, 4) is 0 Å². The zero-order valence-electron chi connectivity index (χ0n) is 14.7. The number of carbonyl (C=O) groups is 3. The second-order valence-electron chi connectivity index (χ2n) is 6.34. The van der Waals surface area contributed by atoms with Crippen LogP contribution in [0.15, 0.2) is 24.3 Å². The Kier molecular flexibility index (Phi) is 6.27. The predicted octanol–water partition coefficient (Wildman–Crippen LogP) is 1.02. The van der Waals surface area contributed by atoms with E-state index in [0.717, 1.165) is 4.81 Å². The van der Waals surface area contributed by atoms with Crippen LogP contribution in [-0.4, -0.2) is 47.3 Å². The minimum Gasteiger partial charge on any atom is -0.444 e. The maximum Gasteiger partial charge on any atom is 0.408 e.